The minimum absolute atomic E-state index is 0.0263. The van der Waals surface area contributed by atoms with Crippen LogP contribution in [0, 0.1) is 13.8 Å². The Balaban J connectivity index is 2.73. The van der Waals surface area contributed by atoms with Crippen molar-refractivity contribution in [3.63, 3.8) is 0 Å². The molecule has 0 unspecified atom stereocenters. The smallest absolute Gasteiger partial charge is 0.345 e. The van der Waals surface area contributed by atoms with Crippen molar-refractivity contribution in [2.45, 2.75) is 13.8 Å². The molecule has 0 fully saturated rings. The van der Waals surface area contributed by atoms with Gasteiger partial charge in [-0.2, -0.15) is 4.98 Å². The standard InChI is InChI=1S/C13H12N2O3/c1-7-3-5-9(6-4-7)11-10(12(16)17)8(2)14-13(18)15-11/h3-6H,1-2H3,(H,16,17)(H,14,15,18). The fourth-order valence-electron chi connectivity index (χ4n) is 1.77. The normalized spacial score (nSPS) is 10.3. The SMILES string of the molecule is Cc1ccc(-c2nc(=O)[nH]c(C)c2C(=O)O)cc1. The fraction of sp³-hybridized carbons (Fsp3) is 0.154. The van der Waals surface area contributed by atoms with E-state index in [1.54, 1.807) is 19.1 Å². The molecule has 1 aromatic carbocycles. The van der Waals surface area contributed by atoms with Gasteiger partial charge in [-0.1, -0.05) is 29.8 Å². The Morgan fingerprint density at radius 3 is 2.39 bits per heavy atom. The van der Waals surface area contributed by atoms with Crippen molar-refractivity contribution in [3.8, 4) is 11.3 Å². The molecular formula is C13H12N2O3. The number of aromatic amines is 1. The van der Waals surface area contributed by atoms with Crippen molar-refractivity contribution < 1.29 is 9.90 Å². The molecule has 0 spiro atoms. The molecule has 18 heavy (non-hydrogen) atoms. The van der Waals surface area contributed by atoms with Gasteiger partial charge in [0.05, 0.1) is 5.69 Å². The minimum Gasteiger partial charge on any atom is -0.478 e. The number of carbonyl (C=O) groups is 1. The first kappa shape index (κ1) is 12.0. The van der Waals surface area contributed by atoms with Crippen molar-refractivity contribution in [1.29, 1.82) is 0 Å². The number of aryl methyl sites for hydroxylation is 2. The molecule has 5 heteroatoms. The van der Waals surface area contributed by atoms with Crippen LogP contribution in [0.25, 0.3) is 11.3 Å². The lowest BCUT2D eigenvalue weighted by Crippen LogP contribution is -2.18. The van der Waals surface area contributed by atoms with Crippen LogP contribution in [0.4, 0.5) is 0 Å². The van der Waals surface area contributed by atoms with Crippen LogP contribution in [0.15, 0.2) is 29.1 Å². The number of nitrogens with zero attached hydrogens (tertiary/aromatic N) is 1. The van der Waals surface area contributed by atoms with Crippen LogP contribution in [0.5, 0.6) is 0 Å². The van der Waals surface area contributed by atoms with Crippen molar-refractivity contribution in [2.24, 2.45) is 0 Å². The monoisotopic (exact) mass is 244 g/mol. The summed E-state index contributed by atoms with van der Waals surface area (Å²) in [5, 5.41) is 9.19. The number of benzene rings is 1. The van der Waals surface area contributed by atoms with E-state index in [2.05, 4.69) is 9.97 Å². The molecule has 1 heterocycles. The van der Waals surface area contributed by atoms with E-state index < -0.39 is 11.7 Å². The molecule has 1 aromatic heterocycles. The van der Waals surface area contributed by atoms with Crippen LogP contribution in [-0.2, 0) is 0 Å². The number of rotatable bonds is 2. The Hall–Kier alpha value is -2.43. The van der Waals surface area contributed by atoms with Gasteiger partial charge < -0.3 is 10.1 Å². The number of hydrogen-bond acceptors (Lipinski definition) is 3. The van der Waals surface area contributed by atoms with E-state index in [0.717, 1.165) is 5.56 Å². The van der Waals surface area contributed by atoms with Gasteiger partial charge in [0.2, 0.25) is 0 Å². The molecule has 5 nitrogen and oxygen atoms in total. The summed E-state index contributed by atoms with van der Waals surface area (Å²) < 4.78 is 0. The lowest BCUT2D eigenvalue weighted by atomic mass is 10.0. The van der Waals surface area contributed by atoms with Gasteiger partial charge in [0, 0.05) is 11.3 Å². The van der Waals surface area contributed by atoms with Gasteiger partial charge in [-0.25, -0.2) is 9.59 Å². The Kier molecular flexibility index (Phi) is 2.97. The molecule has 2 aromatic rings. The molecule has 0 saturated heterocycles. The third-order valence-corrected chi connectivity index (χ3v) is 2.66. The number of nitrogens with one attached hydrogen (secondary N) is 1. The summed E-state index contributed by atoms with van der Waals surface area (Å²) >= 11 is 0. The zero-order valence-corrected chi connectivity index (χ0v) is 10.0. The van der Waals surface area contributed by atoms with Crippen LogP contribution in [0.1, 0.15) is 21.6 Å². The fourth-order valence-corrected chi connectivity index (χ4v) is 1.77. The van der Waals surface area contributed by atoms with E-state index in [4.69, 9.17) is 0 Å². The number of carboxylic acids is 1. The van der Waals surface area contributed by atoms with Crippen LogP contribution >= 0.6 is 0 Å². The number of aromatic carboxylic acids is 1. The number of aromatic nitrogens is 2. The molecule has 0 aliphatic carbocycles. The Labute approximate surface area is 103 Å². The Bertz CT molecular complexity index is 657. The maximum atomic E-state index is 11.4. The van der Waals surface area contributed by atoms with E-state index in [-0.39, 0.29) is 11.3 Å². The highest BCUT2D eigenvalue weighted by atomic mass is 16.4. The van der Waals surface area contributed by atoms with Crippen molar-refractivity contribution in [2.75, 3.05) is 0 Å². The van der Waals surface area contributed by atoms with Gasteiger partial charge in [0.1, 0.15) is 5.56 Å². The van der Waals surface area contributed by atoms with Crippen molar-refractivity contribution >= 4 is 5.97 Å². The van der Waals surface area contributed by atoms with Gasteiger partial charge in [-0.3, -0.25) is 0 Å². The summed E-state index contributed by atoms with van der Waals surface area (Å²) in [5.41, 5.74) is 1.65. The maximum absolute atomic E-state index is 11.4. The van der Waals surface area contributed by atoms with Gasteiger partial charge in [0.25, 0.3) is 0 Å². The van der Waals surface area contributed by atoms with Gasteiger partial charge in [0.15, 0.2) is 0 Å². The van der Waals surface area contributed by atoms with E-state index in [1.807, 2.05) is 19.1 Å². The molecule has 92 valence electrons. The first-order valence-corrected chi connectivity index (χ1v) is 5.40. The summed E-state index contributed by atoms with van der Waals surface area (Å²) in [7, 11) is 0. The Morgan fingerprint density at radius 1 is 1.22 bits per heavy atom. The second kappa shape index (κ2) is 4.44. The highest BCUT2D eigenvalue weighted by Crippen LogP contribution is 2.22. The predicted octanol–water partition coefficient (Wildman–Crippen LogP) is 1.75. The quantitative estimate of drug-likeness (QED) is 0.843. The van der Waals surface area contributed by atoms with E-state index in [1.165, 1.54) is 0 Å². The molecule has 0 aliphatic heterocycles. The number of carboxylic acid groups (broad SMARTS) is 1. The van der Waals surface area contributed by atoms with E-state index in [0.29, 0.717) is 11.3 Å². The topological polar surface area (TPSA) is 83.0 Å². The lowest BCUT2D eigenvalue weighted by Gasteiger charge is -2.07. The molecule has 2 N–H and O–H groups in total. The highest BCUT2D eigenvalue weighted by molar-refractivity contribution is 5.95. The number of hydrogen-bond donors (Lipinski definition) is 2. The maximum Gasteiger partial charge on any atom is 0.345 e. The van der Waals surface area contributed by atoms with Crippen LogP contribution in [-0.4, -0.2) is 21.0 Å². The summed E-state index contributed by atoms with van der Waals surface area (Å²) in [6.45, 7) is 3.47. The Morgan fingerprint density at radius 2 is 1.83 bits per heavy atom. The number of H-pyrrole nitrogens is 1. The van der Waals surface area contributed by atoms with Crippen LogP contribution < -0.4 is 5.69 Å². The molecule has 0 atom stereocenters. The predicted molar refractivity (Wildman–Crippen MR) is 66.7 cm³/mol. The van der Waals surface area contributed by atoms with Crippen LogP contribution in [0.3, 0.4) is 0 Å². The molecule has 0 saturated carbocycles. The minimum atomic E-state index is -1.10. The first-order chi connectivity index (χ1) is 8.49. The van der Waals surface area contributed by atoms with Crippen molar-refractivity contribution in [1.82, 2.24) is 9.97 Å². The summed E-state index contributed by atoms with van der Waals surface area (Å²) in [6, 6.07) is 7.20. The molecule has 0 amide bonds. The zero-order valence-electron chi connectivity index (χ0n) is 10.0. The first-order valence-electron chi connectivity index (χ1n) is 5.40. The van der Waals surface area contributed by atoms with E-state index >= 15 is 0 Å². The third kappa shape index (κ3) is 2.15. The molecular weight excluding hydrogens is 232 g/mol. The van der Waals surface area contributed by atoms with Crippen LogP contribution in [0.2, 0.25) is 0 Å². The molecule has 0 radical (unpaired) electrons. The average Bonchev–Trinajstić information content (AvgIpc) is 2.28. The van der Waals surface area contributed by atoms with Crippen molar-refractivity contribution in [3.05, 3.63) is 51.6 Å². The molecule has 0 bridgehead atoms. The molecule has 0 aliphatic rings. The average molecular weight is 244 g/mol. The second-order valence-electron chi connectivity index (χ2n) is 4.06. The highest BCUT2D eigenvalue weighted by Gasteiger charge is 2.17. The second-order valence-corrected chi connectivity index (χ2v) is 4.06. The molecule has 2 rings (SSSR count). The van der Waals surface area contributed by atoms with Gasteiger partial charge >= 0.3 is 11.7 Å². The van der Waals surface area contributed by atoms with E-state index in [9.17, 15) is 14.7 Å². The summed E-state index contributed by atoms with van der Waals surface area (Å²) in [4.78, 5) is 28.8. The van der Waals surface area contributed by atoms with Gasteiger partial charge in [-0.15, -0.1) is 0 Å². The lowest BCUT2D eigenvalue weighted by molar-refractivity contribution is 0.0696. The summed E-state index contributed by atoms with van der Waals surface area (Å²) in [6.07, 6.45) is 0. The summed E-state index contributed by atoms with van der Waals surface area (Å²) in [5.74, 6) is -1.10. The van der Waals surface area contributed by atoms with Gasteiger partial charge in [-0.05, 0) is 13.8 Å². The largest absolute Gasteiger partial charge is 0.478 e. The third-order valence-electron chi connectivity index (χ3n) is 2.66. The zero-order chi connectivity index (χ0) is 13.3.